The molecule has 2 aliphatic rings. The fourth-order valence-corrected chi connectivity index (χ4v) is 3.36. The molecular weight excluding hydrogens is 325 g/mol. The first kappa shape index (κ1) is 16.2. The number of hydrogen-bond donors (Lipinski definition) is 2. The number of amides is 1. The number of carbonyl (C=O) groups excluding carboxylic acids is 1. The first-order chi connectivity index (χ1) is 10.9. The van der Waals surface area contributed by atoms with Gasteiger partial charge in [0.15, 0.2) is 6.10 Å². The van der Waals surface area contributed by atoms with Crippen LogP contribution in [0, 0.1) is 5.82 Å². The Labute approximate surface area is 137 Å². The fourth-order valence-electron chi connectivity index (χ4n) is 2.99. The quantitative estimate of drug-likeness (QED) is 0.861. The molecule has 1 aliphatic heterocycles. The highest BCUT2D eigenvalue weighted by atomic mass is 35.5. The Bertz CT molecular complexity index is 647. The van der Waals surface area contributed by atoms with Gasteiger partial charge >= 0.3 is 5.97 Å². The van der Waals surface area contributed by atoms with E-state index in [2.05, 4.69) is 5.32 Å². The van der Waals surface area contributed by atoms with Gasteiger partial charge < -0.3 is 15.2 Å². The average molecular weight is 342 g/mol. The Morgan fingerprint density at radius 3 is 2.61 bits per heavy atom. The Hall–Kier alpha value is -1.66. The molecule has 1 heterocycles. The molecule has 0 unspecified atom stereocenters. The van der Waals surface area contributed by atoms with E-state index < -0.39 is 24.0 Å². The molecule has 23 heavy (non-hydrogen) atoms. The summed E-state index contributed by atoms with van der Waals surface area (Å²) in [5.41, 5.74) is 0.572. The summed E-state index contributed by atoms with van der Waals surface area (Å²) in [7, 11) is 0. The molecule has 1 amide bonds. The lowest BCUT2D eigenvalue weighted by Gasteiger charge is -2.19. The lowest BCUT2D eigenvalue weighted by atomic mass is 9.95. The van der Waals surface area contributed by atoms with Crippen molar-refractivity contribution in [3.05, 3.63) is 34.6 Å². The second-order valence-electron chi connectivity index (χ2n) is 6.15. The van der Waals surface area contributed by atoms with Crippen LogP contribution in [0.3, 0.4) is 0 Å². The van der Waals surface area contributed by atoms with Crippen LogP contribution in [0.2, 0.25) is 5.02 Å². The molecule has 7 heteroatoms. The second-order valence-corrected chi connectivity index (χ2v) is 6.56. The van der Waals surface area contributed by atoms with Crippen LogP contribution in [0.4, 0.5) is 4.39 Å². The number of ether oxygens (including phenoxy) is 1. The van der Waals surface area contributed by atoms with E-state index in [0.29, 0.717) is 24.4 Å². The van der Waals surface area contributed by atoms with Crippen LogP contribution in [0.1, 0.15) is 31.2 Å². The third-order valence-corrected chi connectivity index (χ3v) is 4.86. The van der Waals surface area contributed by atoms with E-state index in [1.807, 2.05) is 0 Å². The number of carboxylic acids is 1. The van der Waals surface area contributed by atoms with Crippen LogP contribution >= 0.6 is 11.6 Å². The van der Waals surface area contributed by atoms with Crippen LogP contribution in [-0.2, 0) is 19.7 Å². The molecule has 0 bridgehead atoms. The van der Waals surface area contributed by atoms with Crippen LogP contribution in [0.15, 0.2) is 18.2 Å². The molecule has 0 radical (unpaired) electrons. The Kier molecular flexibility index (Phi) is 4.29. The lowest BCUT2D eigenvalue weighted by molar-refractivity contribution is -0.151. The average Bonchev–Trinajstić information content (AvgIpc) is 3.10. The van der Waals surface area contributed by atoms with Crippen molar-refractivity contribution >= 4 is 23.5 Å². The van der Waals surface area contributed by atoms with Gasteiger partial charge in [0.25, 0.3) is 0 Å². The molecule has 5 nitrogen and oxygen atoms in total. The molecule has 3 rings (SSSR count). The summed E-state index contributed by atoms with van der Waals surface area (Å²) in [5.74, 6) is -1.74. The maximum Gasteiger partial charge on any atom is 0.332 e. The molecule has 1 saturated heterocycles. The third-order valence-electron chi connectivity index (χ3n) is 4.54. The second kappa shape index (κ2) is 6.09. The van der Waals surface area contributed by atoms with E-state index in [0.717, 1.165) is 18.4 Å². The maximum atomic E-state index is 13.2. The zero-order valence-electron chi connectivity index (χ0n) is 12.4. The molecule has 124 valence electrons. The normalized spacial score (nSPS) is 25.1. The SMILES string of the molecule is O=C(NCC1(c2ccc(F)cc2Cl)CC1)[C@@H]1CC[C@H](C(=O)O)O1. The first-order valence-corrected chi connectivity index (χ1v) is 7.91. The fraction of sp³-hybridized carbons (Fsp3) is 0.500. The number of benzene rings is 1. The predicted octanol–water partition coefficient (Wildman–Crippen LogP) is 2.26. The van der Waals surface area contributed by atoms with Gasteiger partial charge in [-0.15, -0.1) is 0 Å². The zero-order valence-corrected chi connectivity index (χ0v) is 13.1. The Morgan fingerprint density at radius 2 is 2.04 bits per heavy atom. The number of hydrogen-bond acceptors (Lipinski definition) is 3. The van der Waals surface area contributed by atoms with Gasteiger partial charge in [0, 0.05) is 17.0 Å². The minimum absolute atomic E-state index is 0.259. The van der Waals surface area contributed by atoms with Crippen molar-refractivity contribution < 1.29 is 23.8 Å². The minimum Gasteiger partial charge on any atom is -0.479 e. The largest absolute Gasteiger partial charge is 0.479 e. The topological polar surface area (TPSA) is 75.6 Å². The first-order valence-electron chi connectivity index (χ1n) is 7.53. The smallest absolute Gasteiger partial charge is 0.332 e. The summed E-state index contributed by atoms with van der Waals surface area (Å²) in [6.07, 6.45) is 0.821. The number of carboxylic acid groups (broad SMARTS) is 1. The number of halogens is 2. The molecule has 1 aliphatic carbocycles. The van der Waals surface area contributed by atoms with Crippen molar-refractivity contribution in [2.45, 2.75) is 43.3 Å². The molecular formula is C16H17ClFNO4. The van der Waals surface area contributed by atoms with E-state index >= 15 is 0 Å². The predicted molar refractivity (Wildman–Crippen MR) is 80.9 cm³/mol. The van der Waals surface area contributed by atoms with E-state index in [1.165, 1.54) is 12.1 Å². The van der Waals surface area contributed by atoms with Crippen molar-refractivity contribution in [1.82, 2.24) is 5.32 Å². The van der Waals surface area contributed by atoms with Crippen molar-refractivity contribution in [2.75, 3.05) is 6.54 Å². The van der Waals surface area contributed by atoms with Crippen molar-refractivity contribution in [1.29, 1.82) is 0 Å². The maximum absolute atomic E-state index is 13.2. The van der Waals surface area contributed by atoms with Gasteiger partial charge in [-0.1, -0.05) is 17.7 Å². The van der Waals surface area contributed by atoms with Crippen LogP contribution in [0.5, 0.6) is 0 Å². The van der Waals surface area contributed by atoms with Crippen molar-refractivity contribution in [3.63, 3.8) is 0 Å². The Morgan fingerprint density at radius 1 is 1.35 bits per heavy atom. The Balaban J connectivity index is 1.60. The molecule has 1 aromatic carbocycles. The molecule has 2 atom stereocenters. The lowest BCUT2D eigenvalue weighted by Crippen LogP contribution is -2.39. The van der Waals surface area contributed by atoms with E-state index in [9.17, 15) is 14.0 Å². The third kappa shape index (κ3) is 3.33. The number of carbonyl (C=O) groups is 2. The summed E-state index contributed by atoms with van der Waals surface area (Å²) >= 11 is 6.11. The number of aliphatic carboxylic acids is 1. The zero-order chi connectivity index (χ0) is 16.6. The highest BCUT2D eigenvalue weighted by Crippen LogP contribution is 2.50. The summed E-state index contributed by atoms with van der Waals surface area (Å²) in [6, 6.07) is 4.29. The highest BCUT2D eigenvalue weighted by Gasteiger charge is 2.46. The van der Waals surface area contributed by atoms with Gasteiger partial charge in [0.1, 0.15) is 11.9 Å². The summed E-state index contributed by atoms with van der Waals surface area (Å²) in [6.45, 7) is 0.384. The standard InChI is InChI=1S/C16H17ClFNO4/c17-11-7-9(18)1-2-10(11)16(5-6-16)8-19-14(20)12-3-4-13(23-12)15(21)22/h1-2,7,12-13H,3-6,8H2,(H,19,20)(H,21,22)/t12-,13+/m0/s1. The molecule has 2 N–H and O–H groups in total. The van der Waals surface area contributed by atoms with Crippen LogP contribution in [-0.4, -0.2) is 35.7 Å². The van der Waals surface area contributed by atoms with Gasteiger partial charge in [0.2, 0.25) is 5.91 Å². The van der Waals surface area contributed by atoms with Gasteiger partial charge in [-0.05, 0) is 43.4 Å². The van der Waals surface area contributed by atoms with Crippen molar-refractivity contribution in [3.8, 4) is 0 Å². The van der Waals surface area contributed by atoms with Gasteiger partial charge in [-0.3, -0.25) is 4.79 Å². The number of nitrogens with one attached hydrogen (secondary N) is 1. The molecule has 0 aromatic heterocycles. The van der Waals surface area contributed by atoms with E-state index in [4.69, 9.17) is 21.4 Å². The monoisotopic (exact) mass is 341 g/mol. The van der Waals surface area contributed by atoms with E-state index in [-0.39, 0.29) is 11.3 Å². The van der Waals surface area contributed by atoms with Gasteiger partial charge in [-0.25, -0.2) is 9.18 Å². The highest BCUT2D eigenvalue weighted by molar-refractivity contribution is 6.31. The van der Waals surface area contributed by atoms with E-state index in [1.54, 1.807) is 6.07 Å². The number of rotatable bonds is 5. The van der Waals surface area contributed by atoms with Crippen molar-refractivity contribution in [2.24, 2.45) is 0 Å². The summed E-state index contributed by atoms with van der Waals surface area (Å²) in [5, 5.41) is 12.1. The molecule has 2 fully saturated rings. The molecule has 0 spiro atoms. The summed E-state index contributed by atoms with van der Waals surface area (Å²) in [4.78, 5) is 23.0. The van der Waals surface area contributed by atoms with Crippen LogP contribution in [0.25, 0.3) is 0 Å². The summed E-state index contributed by atoms with van der Waals surface area (Å²) < 4.78 is 18.4. The van der Waals surface area contributed by atoms with Gasteiger partial charge in [-0.2, -0.15) is 0 Å². The van der Waals surface area contributed by atoms with Crippen LogP contribution < -0.4 is 5.32 Å². The van der Waals surface area contributed by atoms with Gasteiger partial charge in [0.05, 0.1) is 0 Å². The molecule has 1 aromatic rings. The minimum atomic E-state index is -1.04. The molecule has 1 saturated carbocycles.